The molecule has 0 saturated carbocycles. The lowest BCUT2D eigenvalue weighted by molar-refractivity contribution is -0.127. The number of carbonyl (C=O) groups excluding carboxylic acids is 2. The molecular weight excluding hydrogens is 372 g/mol. The van der Waals surface area contributed by atoms with Crippen molar-refractivity contribution in [2.45, 2.75) is 18.9 Å². The SMILES string of the molecule is O=C(NC(CO)Cc1ccccc1)C1CC(=O)N(c2ccc3c(c2)OCCO3)C1. The monoisotopic (exact) mass is 396 g/mol. The van der Waals surface area contributed by atoms with Crippen LogP contribution in [0.15, 0.2) is 48.5 Å². The smallest absolute Gasteiger partial charge is 0.227 e. The van der Waals surface area contributed by atoms with Crippen molar-refractivity contribution in [1.29, 1.82) is 0 Å². The summed E-state index contributed by atoms with van der Waals surface area (Å²) in [6.45, 7) is 1.12. The van der Waals surface area contributed by atoms with Crippen molar-refractivity contribution in [3.05, 3.63) is 54.1 Å². The first-order chi connectivity index (χ1) is 14.1. The summed E-state index contributed by atoms with van der Waals surface area (Å²) in [6, 6.07) is 14.7. The van der Waals surface area contributed by atoms with Crippen LogP contribution in [0.3, 0.4) is 0 Å². The molecule has 0 radical (unpaired) electrons. The largest absolute Gasteiger partial charge is 0.486 e. The Morgan fingerprint density at radius 1 is 1.14 bits per heavy atom. The Bertz CT molecular complexity index is 886. The Hall–Kier alpha value is -3.06. The quantitative estimate of drug-likeness (QED) is 0.773. The minimum absolute atomic E-state index is 0.106. The van der Waals surface area contributed by atoms with Crippen LogP contribution < -0.4 is 19.7 Å². The zero-order chi connectivity index (χ0) is 20.2. The van der Waals surface area contributed by atoms with Crippen LogP contribution in [-0.4, -0.2) is 49.3 Å². The van der Waals surface area contributed by atoms with E-state index in [2.05, 4.69) is 5.32 Å². The van der Waals surface area contributed by atoms with Gasteiger partial charge in [0.2, 0.25) is 11.8 Å². The maximum atomic E-state index is 12.7. The number of benzene rings is 2. The highest BCUT2D eigenvalue weighted by Crippen LogP contribution is 2.36. The van der Waals surface area contributed by atoms with E-state index in [0.29, 0.717) is 43.4 Å². The number of aliphatic hydroxyl groups is 1. The van der Waals surface area contributed by atoms with E-state index < -0.39 is 5.92 Å². The van der Waals surface area contributed by atoms with Gasteiger partial charge in [-0.1, -0.05) is 30.3 Å². The van der Waals surface area contributed by atoms with E-state index in [1.165, 1.54) is 0 Å². The van der Waals surface area contributed by atoms with Crippen molar-refractivity contribution in [1.82, 2.24) is 5.32 Å². The lowest BCUT2D eigenvalue weighted by atomic mass is 10.0. The predicted molar refractivity (Wildman–Crippen MR) is 107 cm³/mol. The minimum atomic E-state index is -0.458. The zero-order valence-electron chi connectivity index (χ0n) is 16.0. The molecule has 2 amide bonds. The van der Waals surface area contributed by atoms with Gasteiger partial charge in [0.05, 0.1) is 18.6 Å². The summed E-state index contributed by atoms with van der Waals surface area (Å²) in [5.74, 6) is 0.490. The molecule has 2 aliphatic heterocycles. The summed E-state index contributed by atoms with van der Waals surface area (Å²) >= 11 is 0. The number of anilines is 1. The van der Waals surface area contributed by atoms with Gasteiger partial charge in [0.15, 0.2) is 11.5 Å². The highest BCUT2D eigenvalue weighted by atomic mass is 16.6. The molecule has 2 N–H and O–H groups in total. The van der Waals surface area contributed by atoms with Crippen LogP contribution >= 0.6 is 0 Å². The van der Waals surface area contributed by atoms with Crippen LogP contribution in [0.2, 0.25) is 0 Å². The molecule has 0 aromatic heterocycles. The Morgan fingerprint density at radius 2 is 1.90 bits per heavy atom. The van der Waals surface area contributed by atoms with E-state index in [0.717, 1.165) is 5.56 Å². The molecule has 2 heterocycles. The van der Waals surface area contributed by atoms with Crippen LogP contribution in [0, 0.1) is 5.92 Å². The van der Waals surface area contributed by atoms with Gasteiger partial charge >= 0.3 is 0 Å². The topological polar surface area (TPSA) is 88.1 Å². The molecule has 7 heteroatoms. The van der Waals surface area contributed by atoms with Gasteiger partial charge in [0.1, 0.15) is 13.2 Å². The molecule has 0 spiro atoms. The van der Waals surface area contributed by atoms with Gasteiger partial charge in [-0.15, -0.1) is 0 Å². The van der Waals surface area contributed by atoms with Crippen LogP contribution in [0.4, 0.5) is 5.69 Å². The summed E-state index contributed by atoms with van der Waals surface area (Å²) in [4.78, 5) is 26.8. The van der Waals surface area contributed by atoms with Crippen molar-refractivity contribution in [3.8, 4) is 11.5 Å². The molecule has 1 saturated heterocycles. The number of aliphatic hydroxyl groups excluding tert-OH is 1. The second-order valence-corrected chi connectivity index (χ2v) is 7.31. The highest BCUT2D eigenvalue weighted by Gasteiger charge is 2.36. The van der Waals surface area contributed by atoms with Gasteiger partial charge in [0.25, 0.3) is 0 Å². The molecule has 0 bridgehead atoms. The Kier molecular flexibility index (Phi) is 5.67. The van der Waals surface area contributed by atoms with Gasteiger partial charge in [-0.3, -0.25) is 9.59 Å². The highest BCUT2D eigenvalue weighted by molar-refractivity contribution is 6.00. The van der Waals surface area contributed by atoms with E-state index in [9.17, 15) is 14.7 Å². The molecule has 2 aromatic carbocycles. The van der Waals surface area contributed by atoms with E-state index in [1.54, 1.807) is 23.1 Å². The van der Waals surface area contributed by atoms with Crippen LogP contribution in [0.5, 0.6) is 11.5 Å². The third kappa shape index (κ3) is 4.35. The number of carbonyl (C=O) groups is 2. The minimum Gasteiger partial charge on any atom is -0.486 e. The number of hydrogen-bond donors (Lipinski definition) is 2. The molecule has 7 nitrogen and oxygen atoms in total. The summed E-state index contributed by atoms with van der Waals surface area (Å²) in [5, 5.41) is 12.5. The Morgan fingerprint density at radius 3 is 2.66 bits per heavy atom. The second kappa shape index (κ2) is 8.53. The Labute approximate surface area is 169 Å². The number of amides is 2. The maximum absolute atomic E-state index is 12.7. The van der Waals surface area contributed by atoms with Crippen LogP contribution in [0.1, 0.15) is 12.0 Å². The summed E-state index contributed by atoms with van der Waals surface area (Å²) in [7, 11) is 0. The molecule has 1 fully saturated rings. The average Bonchev–Trinajstić information content (AvgIpc) is 3.15. The van der Waals surface area contributed by atoms with Gasteiger partial charge in [-0.2, -0.15) is 0 Å². The summed E-state index contributed by atoms with van der Waals surface area (Å²) in [5.41, 5.74) is 1.73. The van der Waals surface area contributed by atoms with Crippen molar-refractivity contribution in [2.75, 3.05) is 31.3 Å². The fourth-order valence-corrected chi connectivity index (χ4v) is 3.71. The molecule has 2 unspecified atom stereocenters. The standard InChI is InChI=1S/C22H24N2O5/c25-14-17(10-15-4-2-1-3-5-15)23-22(27)16-11-21(26)24(13-16)18-6-7-19-20(12-18)29-9-8-28-19/h1-7,12,16-17,25H,8-11,13-14H2,(H,23,27). The van der Waals surface area contributed by atoms with Crippen molar-refractivity contribution >= 4 is 17.5 Å². The summed E-state index contributed by atoms with van der Waals surface area (Å²) in [6.07, 6.45) is 0.680. The van der Waals surface area contributed by atoms with Crippen molar-refractivity contribution in [2.24, 2.45) is 5.92 Å². The van der Waals surface area contributed by atoms with E-state index in [1.807, 2.05) is 30.3 Å². The van der Waals surface area contributed by atoms with Gasteiger partial charge in [-0.25, -0.2) is 0 Å². The molecule has 29 heavy (non-hydrogen) atoms. The molecule has 152 valence electrons. The number of nitrogens with zero attached hydrogens (tertiary/aromatic N) is 1. The molecule has 4 rings (SSSR count). The predicted octanol–water partition coefficient (Wildman–Crippen LogP) is 1.53. The van der Waals surface area contributed by atoms with Gasteiger partial charge < -0.3 is 24.8 Å². The zero-order valence-corrected chi connectivity index (χ0v) is 16.0. The maximum Gasteiger partial charge on any atom is 0.227 e. The fourth-order valence-electron chi connectivity index (χ4n) is 3.71. The number of nitrogens with one attached hydrogen (secondary N) is 1. The number of fused-ring (bicyclic) bond motifs is 1. The average molecular weight is 396 g/mol. The van der Waals surface area contributed by atoms with Crippen LogP contribution in [0.25, 0.3) is 0 Å². The number of hydrogen-bond acceptors (Lipinski definition) is 5. The molecular formula is C22H24N2O5. The normalized spacial score (nSPS) is 19.1. The number of rotatable bonds is 6. The third-order valence-electron chi connectivity index (χ3n) is 5.22. The van der Waals surface area contributed by atoms with E-state index in [4.69, 9.17) is 9.47 Å². The molecule has 2 aromatic rings. The first-order valence-electron chi connectivity index (χ1n) is 9.79. The van der Waals surface area contributed by atoms with Gasteiger partial charge in [0, 0.05) is 24.7 Å². The molecule has 0 aliphatic carbocycles. The first kappa shape index (κ1) is 19.3. The lowest BCUT2D eigenvalue weighted by Gasteiger charge is -2.22. The van der Waals surface area contributed by atoms with Crippen LogP contribution in [-0.2, 0) is 16.0 Å². The summed E-state index contributed by atoms with van der Waals surface area (Å²) < 4.78 is 11.1. The van der Waals surface area contributed by atoms with E-state index in [-0.39, 0.29) is 30.9 Å². The lowest BCUT2D eigenvalue weighted by Crippen LogP contribution is -2.43. The third-order valence-corrected chi connectivity index (χ3v) is 5.22. The second-order valence-electron chi connectivity index (χ2n) is 7.31. The number of ether oxygens (including phenoxy) is 2. The first-order valence-corrected chi connectivity index (χ1v) is 9.79. The van der Waals surface area contributed by atoms with E-state index >= 15 is 0 Å². The van der Waals surface area contributed by atoms with Gasteiger partial charge in [-0.05, 0) is 24.1 Å². The fraction of sp³-hybridized carbons (Fsp3) is 0.364. The Balaban J connectivity index is 1.40. The van der Waals surface area contributed by atoms with Crippen molar-refractivity contribution in [3.63, 3.8) is 0 Å². The molecule has 2 atom stereocenters. The molecule has 2 aliphatic rings. The van der Waals surface area contributed by atoms with Crippen molar-refractivity contribution < 1.29 is 24.2 Å².